The van der Waals surface area contributed by atoms with Gasteiger partial charge in [-0.15, -0.1) is 0 Å². The van der Waals surface area contributed by atoms with Gasteiger partial charge in [0, 0.05) is 12.7 Å². The Morgan fingerprint density at radius 3 is 2.68 bits per heavy atom. The zero-order valence-corrected chi connectivity index (χ0v) is 12.1. The molecule has 0 spiro atoms. The van der Waals surface area contributed by atoms with Gasteiger partial charge in [-0.05, 0) is 24.5 Å². The third kappa shape index (κ3) is 2.43. The Kier molecular flexibility index (Phi) is 3.58. The van der Waals surface area contributed by atoms with E-state index in [1.165, 1.54) is 17.3 Å². The summed E-state index contributed by atoms with van der Waals surface area (Å²) in [6.07, 6.45) is 3.52. The molecule has 2 heterocycles. The molecule has 6 heteroatoms. The van der Waals surface area contributed by atoms with Crippen molar-refractivity contribution in [1.82, 2.24) is 14.9 Å². The molecule has 0 saturated heterocycles. The van der Waals surface area contributed by atoms with E-state index in [0.717, 1.165) is 5.56 Å². The van der Waals surface area contributed by atoms with Gasteiger partial charge < -0.3 is 10.0 Å². The minimum Gasteiger partial charge on any atom is -0.479 e. The average Bonchev–Trinajstić information content (AvgIpc) is 2.53. The number of aryl methyl sites for hydroxylation is 1. The summed E-state index contributed by atoms with van der Waals surface area (Å²) in [5.41, 5.74) is 2.50. The van der Waals surface area contributed by atoms with E-state index in [1.807, 2.05) is 12.1 Å². The molecular weight excluding hydrogens is 282 g/mol. The van der Waals surface area contributed by atoms with Crippen molar-refractivity contribution in [2.75, 3.05) is 6.54 Å². The van der Waals surface area contributed by atoms with Crippen molar-refractivity contribution in [3.63, 3.8) is 0 Å². The predicted molar refractivity (Wildman–Crippen MR) is 78.3 cm³/mol. The molecule has 0 aliphatic carbocycles. The zero-order chi connectivity index (χ0) is 15.7. The maximum absolute atomic E-state index is 12.6. The van der Waals surface area contributed by atoms with Gasteiger partial charge in [0.05, 0.1) is 11.9 Å². The van der Waals surface area contributed by atoms with Crippen molar-refractivity contribution in [1.29, 1.82) is 0 Å². The van der Waals surface area contributed by atoms with Crippen LogP contribution >= 0.6 is 0 Å². The molecule has 1 aliphatic heterocycles. The molecular formula is C16H15N3O3. The van der Waals surface area contributed by atoms with Gasteiger partial charge in [-0.2, -0.15) is 0 Å². The van der Waals surface area contributed by atoms with Crippen molar-refractivity contribution in [3.05, 3.63) is 59.2 Å². The fraction of sp³-hybridized carbons (Fsp3) is 0.250. The number of amides is 1. The molecule has 1 amide bonds. The van der Waals surface area contributed by atoms with Crippen LogP contribution < -0.4 is 0 Å². The number of aromatic nitrogens is 2. The highest BCUT2D eigenvalue weighted by Gasteiger charge is 2.36. The highest BCUT2D eigenvalue weighted by Crippen LogP contribution is 2.30. The second kappa shape index (κ2) is 5.55. The Labute approximate surface area is 127 Å². The number of carbonyl (C=O) groups is 2. The number of carboxylic acid groups (broad SMARTS) is 1. The normalized spacial score (nSPS) is 17.0. The molecule has 2 aromatic rings. The lowest BCUT2D eigenvalue weighted by Gasteiger charge is -2.34. The van der Waals surface area contributed by atoms with Crippen molar-refractivity contribution >= 4 is 11.9 Å². The maximum atomic E-state index is 12.6. The van der Waals surface area contributed by atoms with Crippen LogP contribution in [0.25, 0.3) is 0 Å². The SMILES string of the molecule is Cc1cnc(C(=O)N2CCc3ccccc3[C@H]2C(=O)O)cn1. The molecule has 0 radical (unpaired) electrons. The first-order valence-corrected chi connectivity index (χ1v) is 6.98. The molecule has 1 aliphatic rings. The molecule has 1 aromatic heterocycles. The minimum atomic E-state index is -1.04. The van der Waals surface area contributed by atoms with Crippen LogP contribution in [-0.2, 0) is 11.2 Å². The van der Waals surface area contributed by atoms with Crippen LogP contribution in [0.4, 0.5) is 0 Å². The van der Waals surface area contributed by atoms with Gasteiger partial charge in [0.15, 0.2) is 6.04 Å². The molecule has 6 nitrogen and oxygen atoms in total. The predicted octanol–water partition coefficient (Wildman–Crippen LogP) is 1.61. The molecule has 0 fully saturated rings. The van der Waals surface area contributed by atoms with Crippen LogP contribution in [-0.4, -0.2) is 38.4 Å². The molecule has 112 valence electrons. The topological polar surface area (TPSA) is 83.4 Å². The third-order valence-corrected chi connectivity index (χ3v) is 3.78. The lowest BCUT2D eigenvalue weighted by Crippen LogP contribution is -2.43. The van der Waals surface area contributed by atoms with Crippen LogP contribution in [0.15, 0.2) is 36.7 Å². The summed E-state index contributed by atoms with van der Waals surface area (Å²) in [4.78, 5) is 33.7. The minimum absolute atomic E-state index is 0.163. The highest BCUT2D eigenvalue weighted by molar-refractivity contribution is 5.95. The van der Waals surface area contributed by atoms with Gasteiger partial charge in [0.25, 0.3) is 5.91 Å². The van der Waals surface area contributed by atoms with Crippen LogP contribution in [0.5, 0.6) is 0 Å². The maximum Gasteiger partial charge on any atom is 0.331 e. The Hall–Kier alpha value is -2.76. The number of rotatable bonds is 2. The van der Waals surface area contributed by atoms with E-state index in [4.69, 9.17) is 0 Å². The molecule has 22 heavy (non-hydrogen) atoms. The van der Waals surface area contributed by atoms with E-state index < -0.39 is 17.9 Å². The van der Waals surface area contributed by atoms with Gasteiger partial charge in [0.2, 0.25) is 0 Å². The molecule has 0 bridgehead atoms. The summed E-state index contributed by atoms with van der Waals surface area (Å²) >= 11 is 0. The van der Waals surface area contributed by atoms with Crippen LogP contribution in [0, 0.1) is 6.92 Å². The fourth-order valence-corrected chi connectivity index (χ4v) is 2.70. The summed E-state index contributed by atoms with van der Waals surface area (Å²) in [5.74, 6) is -1.45. The summed E-state index contributed by atoms with van der Waals surface area (Å²) in [6, 6.07) is 6.34. The molecule has 0 unspecified atom stereocenters. The molecule has 1 aromatic carbocycles. The standard InChI is InChI=1S/C16H15N3O3/c1-10-8-18-13(9-17-10)15(20)19-7-6-11-4-2-3-5-12(11)14(19)16(21)22/h2-5,8-9,14H,6-7H2,1H3,(H,21,22)/t14-/m0/s1. The zero-order valence-electron chi connectivity index (χ0n) is 12.1. The monoisotopic (exact) mass is 297 g/mol. The Morgan fingerprint density at radius 2 is 2.00 bits per heavy atom. The van der Waals surface area contributed by atoms with E-state index in [-0.39, 0.29) is 5.69 Å². The first-order chi connectivity index (χ1) is 10.6. The van der Waals surface area contributed by atoms with Gasteiger partial charge >= 0.3 is 5.97 Å². The largest absolute Gasteiger partial charge is 0.479 e. The van der Waals surface area contributed by atoms with Gasteiger partial charge in [-0.3, -0.25) is 9.78 Å². The molecule has 0 saturated carbocycles. The van der Waals surface area contributed by atoms with E-state index in [2.05, 4.69) is 9.97 Å². The second-order valence-corrected chi connectivity index (χ2v) is 5.23. The smallest absolute Gasteiger partial charge is 0.331 e. The number of fused-ring (bicyclic) bond motifs is 1. The van der Waals surface area contributed by atoms with Gasteiger partial charge in [-0.1, -0.05) is 24.3 Å². The number of aliphatic carboxylic acids is 1. The first kappa shape index (κ1) is 14.2. The third-order valence-electron chi connectivity index (χ3n) is 3.78. The summed E-state index contributed by atoms with van der Waals surface area (Å²) in [5, 5.41) is 9.57. The quantitative estimate of drug-likeness (QED) is 0.910. The molecule has 3 rings (SSSR count). The molecule has 1 atom stereocenters. The number of benzene rings is 1. The van der Waals surface area contributed by atoms with Crippen LogP contribution in [0.1, 0.15) is 33.4 Å². The van der Waals surface area contributed by atoms with Crippen LogP contribution in [0.3, 0.4) is 0 Å². The Bertz CT molecular complexity index is 728. The van der Waals surface area contributed by atoms with Crippen molar-refractivity contribution in [3.8, 4) is 0 Å². The fourth-order valence-electron chi connectivity index (χ4n) is 2.70. The Morgan fingerprint density at radius 1 is 1.23 bits per heavy atom. The number of carboxylic acids is 1. The average molecular weight is 297 g/mol. The van der Waals surface area contributed by atoms with E-state index >= 15 is 0 Å². The second-order valence-electron chi connectivity index (χ2n) is 5.23. The number of hydrogen-bond acceptors (Lipinski definition) is 4. The lowest BCUT2D eigenvalue weighted by atomic mass is 9.92. The van der Waals surface area contributed by atoms with Crippen molar-refractivity contribution < 1.29 is 14.7 Å². The van der Waals surface area contributed by atoms with Gasteiger partial charge in [-0.25, -0.2) is 9.78 Å². The summed E-state index contributed by atoms with van der Waals surface area (Å²) in [7, 11) is 0. The van der Waals surface area contributed by atoms with E-state index in [0.29, 0.717) is 24.2 Å². The van der Waals surface area contributed by atoms with Crippen molar-refractivity contribution in [2.24, 2.45) is 0 Å². The number of carbonyl (C=O) groups excluding carboxylic acids is 1. The van der Waals surface area contributed by atoms with Crippen molar-refractivity contribution in [2.45, 2.75) is 19.4 Å². The first-order valence-electron chi connectivity index (χ1n) is 6.98. The highest BCUT2D eigenvalue weighted by atomic mass is 16.4. The summed E-state index contributed by atoms with van der Waals surface area (Å²) in [6.45, 7) is 2.13. The summed E-state index contributed by atoms with van der Waals surface area (Å²) < 4.78 is 0. The van der Waals surface area contributed by atoms with E-state index in [9.17, 15) is 14.7 Å². The number of nitrogens with zero attached hydrogens (tertiary/aromatic N) is 3. The van der Waals surface area contributed by atoms with E-state index in [1.54, 1.807) is 19.1 Å². The Balaban J connectivity index is 1.98. The van der Waals surface area contributed by atoms with Crippen LogP contribution in [0.2, 0.25) is 0 Å². The van der Waals surface area contributed by atoms with Gasteiger partial charge in [0.1, 0.15) is 5.69 Å². The molecule has 1 N–H and O–H groups in total. The number of hydrogen-bond donors (Lipinski definition) is 1. The lowest BCUT2D eigenvalue weighted by molar-refractivity contribution is -0.143.